The first-order valence-corrected chi connectivity index (χ1v) is 8.14. The Labute approximate surface area is 140 Å². The minimum absolute atomic E-state index is 0.0568. The lowest BCUT2D eigenvalue weighted by Crippen LogP contribution is -2.42. The summed E-state index contributed by atoms with van der Waals surface area (Å²) in [5.41, 5.74) is 2.64. The normalized spacial score (nSPS) is 22.3. The van der Waals surface area contributed by atoms with Gasteiger partial charge in [-0.25, -0.2) is 4.79 Å². The van der Waals surface area contributed by atoms with Gasteiger partial charge in [-0.05, 0) is 37.1 Å². The highest BCUT2D eigenvalue weighted by atomic mass is 16.6. The van der Waals surface area contributed by atoms with E-state index >= 15 is 0 Å². The highest BCUT2D eigenvalue weighted by molar-refractivity contribution is 5.92. The number of fused-ring (bicyclic) bond motifs is 1. The van der Waals surface area contributed by atoms with E-state index < -0.39 is 6.09 Å². The monoisotopic (exact) mass is 331 g/mol. The van der Waals surface area contributed by atoms with Crippen LogP contribution in [0.2, 0.25) is 0 Å². The number of benzene rings is 1. The highest BCUT2D eigenvalue weighted by Crippen LogP contribution is 2.35. The largest absolute Gasteiger partial charge is 0.447 e. The summed E-state index contributed by atoms with van der Waals surface area (Å²) in [6.45, 7) is 4.37. The van der Waals surface area contributed by atoms with E-state index in [0.717, 1.165) is 29.8 Å². The Morgan fingerprint density at radius 1 is 1.46 bits per heavy atom. The Hall–Kier alpha value is -2.57. The number of cyclic esters (lactones) is 1. The lowest BCUT2D eigenvalue weighted by Gasteiger charge is -2.22. The first-order chi connectivity index (χ1) is 11.5. The quantitative estimate of drug-likeness (QED) is 0.828. The van der Waals surface area contributed by atoms with Crippen molar-refractivity contribution in [1.82, 2.24) is 5.32 Å². The number of amides is 3. The van der Waals surface area contributed by atoms with Crippen LogP contribution in [0.5, 0.6) is 0 Å². The number of anilines is 2. The maximum atomic E-state index is 12.1. The number of rotatable bonds is 5. The predicted molar refractivity (Wildman–Crippen MR) is 89.1 cm³/mol. The number of nitrogens with zero attached hydrogens (tertiary/aromatic N) is 2. The zero-order valence-corrected chi connectivity index (χ0v) is 13.8. The van der Waals surface area contributed by atoms with Crippen LogP contribution >= 0.6 is 0 Å². The first-order valence-electron chi connectivity index (χ1n) is 8.14. The van der Waals surface area contributed by atoms with Gasteiger partial charge in [-0.15, -0.1) is 0 Å². The third-order valence-electron chi connectivity index (χ3n) is 4.54. The molecule has 1 N–H and O–H groups in total. The van der Waals surface area contributed by atoms with Gasteiger partial charge in [-0.1, -0.05) is 6.92 Å². The molecule has 2 atom stereocenters. The third-order valence-corrected chi connectivity index (χ3v) is 4.54. The molecule has 0 spiro atoms. The summed E-state index contributed by atoms with van der Waals surface area (Å²) in [4.78, 5) is 38.0. The lowest BCUT2D eigenvalue weighted by molar-refractivity contribution is -0.120. The molecule has 2 heterocycles. The van der Waals surface area contributed by atoms with Crippen LogP contribution in [0.15, 0.2) is 18.2 Å². The maximum Gasteiger partial charge on any atom is 0.414 e. The Morgan fingerprint density at radius 2 is 2.25 bits per heavy atom. The average Bonchev–Trinajstić information content (AvgIpc) is 3.10. The van der Waals surface area contributed by atoms with Crippen LogP contribution in [-0.4, -0.2) is 43.6 Å². The van der Waals surface area contributed by atoms with Crippen molar-refractivity contribution in [3.05, 3.63) is 23.8 Å². The van der Waals surface area contributed by atoms with Crippen molar-refractivity contribution in [2.45, 2.75) is 38.8 Å². The first kappa shape index (κ1) is 16.3. The number of hydrogen-bond donors (Lipinski definition) is 1. The van der Waals surface area contributed by atoms with Crippen molar-refractivity contribution in [3.8, 4) is 0 Å². The highest BCUT2D eigenvalue weighted by Gasteiger charge is 2.35. The van der Waals surface area contributed by atoms with E-state index in [1.165, 1.54) is 0 Å². The molecule has 0 aromatic heterocycles. The van der Waals surface area contributed by atoms with Crippen molar-refractivity contribution in [1.29, 1.82) is 0 Å². The average molecular weight is 331 g/mol. The molecule has 0 saturated carbocycles. The molecule has 128 valence electrons. The minimum atomic E-state index is -0.413. The van der Waals surface area contributed by atoms with Crippen LogP contribution in [0.25, 0.3) is 0 Å². The molecule has 0 radical (unpaired) electrons. The summed E-state index contributed by atoms with van der Waals surface area (Å²) >= 11 is 0. The van der Waals surface area contributed by atoms with Gasteiger partial charge in [0.1, 0.15) is 6.61 Å². The summed E-state index contributed by atoms with van der Waals surface area (Å²) in [5.74, 6) is -0.0568. The van der Waals surface area contributed by atoms with Gasteiger partial charge in [0.05, 0.1) is 6.04 Å². The number of carbonyl (C=O) groups excluding carboxylic acids is 3. The number of carbonyl (C=O) groups is 3. The van der Waals surface area contributed by atoms with E-state index in [4.69, 9.17) is 4.74 Å². The molecule has 1 fully saturated rings. The van der Waals surface area contributed by atoms with Gasteiger partial charge in [0.25, 0.3) is 0 Å². The van der Waals surface area contributed by atoms with Gasteiger partial charge in [0.15, 0.2) is 0 Å². The van der Waals surface area contributed by atoms with Gasteiger partial charge in [-0.2, -0.15) is 0 Å². The van der Waals surface area contributed by atoms with Gasteiger partial charge in [-0.3, -0.25) is 14.5 Å². The van der Waals surface area contributed by atoms with Crippen LogP contribution in [0.4, 0.5) is 16.2 Å². The van der Waals surface area contributed by atoms with Gasteiger partial charge in [0, 0.05) is 30.4 Å². The molecule has 2 aliphatic heterocycles. The van der Waals surface area contributed by atoms with Crippen LogP contribution in [0, 0.1) is 0 Å². The Bertz CT molecular complexity index is 676. The zero-order chi connectivity index (χ0) is 17.3. The van der Waals surface area contributed by atoms with E-state index in [2.05, 4.69) is 5.32 Å². The number of nitrogens with one attached hydrogen (secondary N) is 1. The molecule has 7 heteroatoms. The topological polar surface area (TPSA) is 79.0 Å². The summed E-state index contributed by atoms with van der Waals surface area (Å²) in [6, 6.07) is 5.48. The number of ether oxygens (including phenoxy) is 1. The summed E-state index contributed by atoms with van der Waals surface area (Å²) in [6.07, 6.45) is 1.58. The zero-order valence-electron chi connectivity index (χ0n) is 13.8. The smallest absolute Gasteiger partial charge is 0.414 e. The van der Waals surface area contributed by atoms with E-state index in [1.54, 1.807) is 16.7 Å². The number of hydrogen-bond acceptors (Lipinski definition) is 4. The standard InChI is InChI=1S/C17H21N3O4/c1-3-16(22)18-8-14-9-24-17(23)20(14)13-4-5-15-12(7-13)6-11(2)19(15)10-21/h4-5,7,10-11,14H,3,6,8-9H2,1-2H3,(H,18,22)/t11-,14?/m1/s1. The molecule has 3 rings (SSSR count). The summed E-state index contributed by atoms with van der Waals surface area (Å²) < 4.78 is 5.15. The molecule has 24 heavy (non-hydrogen) atoms. The molecule has 0 bridgehead atoms. The molecule has 1 aromatic carbocycles. The van der Waals surface area contributed by atoms with E-state index in [0.29, 0.717) is 13.0 Å². The van der Waals surface area contributed by atoms with Crippen LogP contribution in [0.1, 0.15) is 25.8 Å². The molecule has 1 unspecified atom stereocenters. The van der Waals surface area contributed by atoms with Crippen molar-refractivity contribution >= 4 is 29.8 Å². The second kappa shape index (κ2) is 6.51. The van der Waals surface area contributed by atoms with Crippen molar-refractivity contribution < 1.29 is 19.1 Å². The van der Waals surface area contributed by atoms with Crippen LogP contribution in [-0.2, 0) is 20.7 Å². The molecular formula is C17H21N3O4. The van der Waals surface area contributed by atoms with E-state index in [1.807, 2.05) is 25.1 Å². The summed E-state index contributed by atoms with van der Waals surface area (Å²) in [5, 5.41) is 2.80. The van der Waals surface area contributed by atoms with Crippen LogP contribution < -0.4 is 15.1 Å². The van der Waals surface area contributed by atoms with Gasteiger partial charge < -0.3 is 15.0 Å². The third kappa shape index (κ3) is 2.81. The van der Waals surface area contributed by atoms with Crippen LogP contribution in [0.3, 0.4) is 0 Å². The summed E-state index contributed by atoms with van der Waals surface area (Å²) in [7, 11) is 0. The second-order valence-electron chi connectivity index (χ2n) is 6.14. The minimum Gasteiger partial charge on any atom is -0.447 e. The van der Waals surface area contributed by atoms with Crippen molar-refractivity contribution in [2.75, 3.05) is 23.0 Å². The van der Waals surface area contributed by atoms with E-state index in [-0.39, 0.29) is 24.6 Å². The molecule has 0 aliphatic carbocycles. The molecule has 3 amide bonds. The van der Waals surface area contributed by atoms with E-state index in [9.17, 15) is 14.4 Å². The Morgan fingerprint density at radius 3 is 2.96 bits per heavy atom. The van der Waals surface area contributed by atoms with Gasteiger partial charge in [0.2, 0.25) is 12.3 Å². The molecule has 1 aromatic rings. The molecular weight excluding hydrogens is 310 g/mol. The Kier molecular flexibility index (Phi) is 4.42. The second-order valence-corrected chi connectivity index (χ2v) is 6.14. The molecule has 7 nitrogen and oxygen atoms in total. The predicted octanol–water partition coefficient (Wildman–Crippen LogP) is 1.45. The lowest BCUT2D eigenvalue weighted by atomic mass is 10.1. The molecule has 2 aliphatic rings. The van der Waals surface area contributed by atoms with Crippen molar-refractivity contribution in [2.24, 2.45) is 0 Å². The van der Waals surface area contributed by atoms with Gasteiger partial charge >= 0.3 is 6.09 Å². The Balaban J connectivity index is 1.82. The van der Waals surface area contributed by atoms with Crippen molar-refractivity contribution in [3.63, 3.8) is 0 Å². The fourth-order valence-corrected chi connectivity index (χ4v) is 3.24. The maximum absolute atomic E-state index is 12.1. The molecule has 1 saturated heterocycles. The fraction of sp³-hybridized carbons (Fsp3) is 0.471. The SMILES string of the molecule is CCC(=O)NCC1COC(=O)N1c1ccc2c(c1)C[C@@H](C)N2C=O. The fourth-order valence-electron chi connectivity index (χ4n) is 3.24.